The summed E-state index contributed by atoms with van der Waals surface area (Å²) in [6.45, 7) is 11.8. The number of terminal acetylenes is 2. The van der Waals surface area contributed by atoms with Crippen molar-refractivity contribution >= 4 is 121 Å². The SMILES string of the molecule is C#CC[C@H](NC(=O)CC[C@H](CC(=O)c1ccc(CCc2cnc3nc(N)[nH]c(=O)c3n2)cc1)C(=O)O)C(=O)C[C@@H](C)C(=O)N[C@@H](CC#C)C(=O)C[C@@H](CSSCCOC(=O)NNC(=O)[C@@]1(O)[C@H](O)[C@]2(CC)C=C(C)CN3[C@@H]2[C@@]24CC3(C)[C@]3(O)C[C@H]5CN(CCc6c([nH]c7ccccc67)[C@](C)(C5)c5cc2c(cc5OC)N(C)[C@@H]14)C3)C(=O)O.O=C=O.O=C=O. The third-order valence-electron chi connectivity index (χ3n) is 25.7. The number of hydrazine groups is 1. The highest BCUT2D eigenvalue weighted by Gasteiger charge is 2.83. The van der Waals surface area contributed by atoms with E-state index in [4.69, 9.17) is 47.2 Å². The number of carbonyl (C=O) groups excluding carboxylic acids is 11. The first-order valence-electron chi connectivity index (χ1n) is 40.0. The maximum absolute atomic E-state index is 15.5. The van der Waals surface area contributed by atoms with Gasteiger partial charge in [0.1, 0.15) is 18.5 Å². The van der Waals surface area contributed by atoms with Gasteiger partial charge in [-0.2, -0.15) is 24.2 Å². The third-order valence-corrected chi connectivity index (χ3v) is 28.1. The van der Waals surface area contributed by atoms with Crippen LogP contribution in [0, 0.1) is 53.8 Å². The average molecular weight is 1710 g/mol. The molecule has 2 aliphatic carbocycles. The third kappa shape index (κ3) is 17.5. The number of nitrogen functional groups attached to an aromatic ring is 1. The zero-order valence-electron chi connectivity index (χ0n) is 68.5. The summed E-state index contributed by atoms with van der Waals surface area (Å²) in [5.74, 6) is -5.64. The van der Waals surface area contributed by atoms with Gasteiger partial charge in [-0.1, -0.05) is 89.5 Å². The number of aliphatic hydroxyl groups is 3. The van der Waals surface area contributed by atoms with Gasteiger partial charge in [0.25, 0.3) is 11.5 Å². The summed E-state index contributed by atoms with van der Waals surface area (Å²) in [4.78, 5) is 192. The number of aliphatic carboxylic acids is 2. The molecule has 1 saturated carbocycles. The highest BCUT2D eigenvalue weighted by Crippen LogP contribution is 2.72. The summed E-state index contributed by atoms with van der Waals surface area (Å²) in [7, 11) is 5.65. The number of nitrogens with zero attached hydrogens (tertiary/aromatic N) is 6. The molecule has 3 fully saturated rings. The molecule has 3 aromatic carbocycles. The van der Waals surface area contributed by atoms with Crippen molar-refractivity contribution in [3.05, 3.63) is 128 Å². The number of likely N-dealkylation sites (N-methyl/N-ethyl adjacent to an activating group) is 1. The lowest BCUT2D eigenvalue weighted by atomic mass is 9.47. The lowest BCUT2D eigenvalue weighted by Gasteiger charge is -2.64. The van der Waals surface area contributed by atoms with Gasteiger partial charge in [-0.05, 0) is 107 Å². The number of fused-ring (bicyclic) bond motifs is 13. The number of para-hydroxylation sites is 1. The molecule has 8 bridgehead atoms. The Morgan fingerprint density at radius 2 is 1.52 bits per heavy atom. The summed E-state index contributed by atoms with van der Waals surface area (Å²) < 4.78 is 12.0. The molecular formula is C86H99N13O21S2. The van der Waals surface area contributed by atoms with Crippen LogP contribution in [0.1, 0.15) is 149 Å². The molecule has 7 aliphatic rings. The van der Waals surface area contributed by atoms with E-state index in [1.807, 2.05) is 44.0 Å². The van der Waals surface area contributed by atoms with Crippen LogP contribution in [0.3, 0.4) is 0 Å². The first kappa shape index (κ1) is 91.3. The van der Waals surface area contributed by atoms with E-state index >= 15 is 4.79 Å². The van der Waals surface area contributed by atoms with Crippen molar-refractivity contribution in [3.8, 4) is 30.4 Å². The summed E-state index contributed by atoms with van der Waals surface area (Å²) in [5.41, 5.74) is 10.0. The number of methoxy groups -OCH3 is 1. The second-order valence-corrected chi connectivity index (χ2v) is 35.7. The number of aliphatic hydroxyl groups excluding tert-OH is 1. The van der Waals surface area contributed by atoms with Crippen LogP contribution < -0.4 is 42.4 Å². The number of carboxylic acid groups (broad SMARTS) is 2. The van der Waals surface area contributed by atoms with Crippen molar-refractivity contribution < 1.29 is 97.3 Å². The van der Waals surface area contributed by atoms with Crippen molar-refractivity contribution in [2.45, 2.75) is 182 Å². The van der Waals surface area contributed by atoms with Crippen LogP contribution in [0.4, 0.5) is 16.4 Å². The first-order chi connectivity index (χ1) is 58.0. The summed E-state index contributed by atoms with van der Waals surface area (Å²) >= 11 is 0. The molecule has 646 valence electrons. The number of amides is 4. The average Bonchev–Trinajstić information content (AvgIpc) is 1.46. The number of aryl methyl sites for hydroxylation is 2. The molecule has 8 heterocycles. The van der Waals surface area contributed by atoms with Gasteiger partial charge in [0, 0.05) is 156 Å². The van der Waals surface area contributed by atoms with Crippen molar-refractivity contribution in [3.63, 3.8) is 0 Å². The minimum Gasteiger partial charge on any atom is -0.496 e. The van der Waals surface area contributed by atoms with E-state index in [1.54, 1.807) is 31.4 Å². The number of aromatic nitrogens is 5. The maximum Gasteiger partial charge on any atom is 0.426 e. The molecule has 13 rings (SSSR count). The lowest BCUT2D eigenvalue weighted by molar-refractivity contribution is -0.209. The van der Waals surface area contributed by atoms with Crippen LogP contribution in [0.2, 0.25) is 0 Å². The number of anilines is 2. The molecule has 6 aromatic rings. The molecule has 2 saturated heterocycles. The number of hydrogen-bond acceptors (Lipinski definition) is 28. The number of carboxylic acids is 2. The van der Waals surface area contributed by atoms with Gasteiger partial charge in [-0.15, -0.1) is 24.7 Å². The van der Waals surface area contributed by atoms with E-state index in [2.05, 4.69) is 106 Å². The predicted octanol–water partition coefficient (Wildman–Crippen LogP) is 4.24. The zero-order valence-corrected chi connectivity index (χ0v) is 70.1. The highest BCUT2D eigenvalue weighted by molar-refractivity contribution is 8.76. The van der Waals surface area contributed by atoms with Crippen LogP contribution in [-0.4, -0.2) is 231 Å². The number of Topliss-reactive ketones (excluding diaryl/α,β-unsaturated/α-hetero) is 3. The van der Waals surface area contributed by atoms with E-state index in [1.165, 1.54) is 18.7 Å². The fourth-order valence-electron chi connectivity index (χ4n) is 20.3. The molecule has 16 atom stereocenters. The number of carbonyl (C=O) groups is 9. The lowest BCUT2D eigenvalue weighted by Crippen LogP contribution is -2.82. The number of ketones is 3. The highest BCUT2D eigenvalue weighted by atomic mass is 33.1. The standard InChI is InChI=1S/C84H99N13O17S2.2CO2/c1-10-15-58(88-65(101)26-24-50(71(104)105)32-61(98)49-22-19-47(20-23-49)21-25-52-39-86-68-66(87-52)70(103)92-77(85)91-68)62(99)31-46(5)69(102)90-59(16-11-2)63(100)33-51(72(106)107)42-116-115-30-29-114-78(110)94-93-76(109)84(112)74-83-43-80(7,97-40-45(4)36-81(12-3,73(83)97)75(84)108)82(111)38-48-37-79(6,56-34-55(83)60(95(74)8)35-64(56)113-9)67-54(27-28-96(41-48)44-82)53-17-13-14-18-57(53)89-67;2*2-1-3/h1-2,13-14,17-20,22-23,34-36,39,46,48,50-51,58-59,73-75,89,108,111-112H,12,15-16,21,24-33,37-38,40-44H2,3-9H3,(H,88,101)(H,90,102)(H,93,109)(H,94,110)(H,104,105)(H,106,107)(H3,85,86,91,92,103);;/t46-,48+,50-,51+,58+,59+,73+,74-,75-,79-,80?,81-,82+,83-,84+;;/m1../s1. The molecule has 122 heavy (non-hydrogen) atoms. The Kier molecular flexibility index (Phi) is 28.1. The Balaban J connectivity index is 0.00000235. The van der Waals surface area contributed by atoms with E-state index in [-0.39, 0.29) is 84.7 Å². The predicted molar refractivity (Wildman–Crippen MR) is 444 cm³/mol. The number of nitrogens with two attached hydrogens (primary N) is 1. The second kappa shape index (κ2) is 37.5. The number of ether oxygens (including phenoxy) is 2. The first-order valence-corrected chi connectivity index (χ1v) is 42.5. The number of nitrogens with one attached hydrogen (secondary N) is 6. The van der Waals surface area contributed by atoms with E-state index in [0.717, 1.165) is 73.4 Å². The molecule has 5 aliphatic heterocycles. The Labute approximate surface area is 709 Å². The maximum atomic E-state index is 15.5. The molecule has 2 unspecified atom stereocenters. The normalized spacial score (nSPS) is 26.0. The van der Waals surface area contributed by atoms with Gasteiger partial charge in [0.2, 0.25) is 17.8 Å². The topological polar surface area (TPSA) is 513 Å². The molecular weight excluding hydrogens is 1620 g/mol. The second-order valence-electron chi connectivity index (χ2n) is 33.1. The van der Waals surface area contributed by atoms with E-state index in [0.29, 0.717) is 68.9 Å². The summed E-state index contributed by atoms with van der Waals surface area (Å²) in [6, 6.07) is 14.7. The molecule has 36 heteroatoms. The van der Waals surface area contributed by atoms with Gasteiger partial charge in [-0.3, -0.25) is 63.4 Å². The number of benzene rings is 3. The van der Waals surface area contributed by atoms with Gasteiger partial charge >= 0.3 is 30.3 Å². The molecule has 34 nitrogen and oxygen atoms in total. The fraction of sp³-hybridized carbons (Fsp3) is 0.500. The smallest absolute Gasteiger partial charge is 0.426 e. The van der Waals surface area contributed by atoms with Crippen LogP contribution in [-0.2, 0) is 87.6 Å². The van der Waals surface area contributed by atoms with Crippen LogP contribution in [0.5, 0.6) is 5.75 Å². The molecule has 1 spiro atoms. The number of piperidine rings is 1. The van der Waals surface area contributed by atoms with Gasteiger partial charge in [-0.25, -0.2) is 20.2 Å². The van der Waals surface area contributed by atoms with Crippen molar-refractivity contribution in [2.75, 3.05) is 69.1 Å². The quantitative estimate of drug-likeness (QED) is 0.00723. The van der Waals surface area contributed by atoms with E-state index in [9.17, 15) is 68.7 Å². The van der Waals surface area contributed by atoms with Crippen LogP contribution in [0.15, 0.2) is 83.3 Å². The molecule has 3 aromatic heterocycles. The monoisotopic (exact) mass is 1710 g/mol. The molecule has 4 amide bonds. The number of aromatic amines is 2. The van der Waals surface area contributed by atoms with Gasteiger partial charge < -0.3 is 61.3 Å². The number of hydrogen-bond donors (Lipinski definition) is 12. The number of H-pyrrole nitrogens is 2. The fourth-order valence-corrected chi connectivity index (χ4v) is 22.4. The van der Waals surface area contributed by atoms with E-state index < -0.39 is 165 Å². The van der Waals surface area contributed by atoms with Crippen molar-refractivity contribution in [1.82, 2.24) is 56.2 Å². The van der Waals surface area contributed by atoms with Crippen molar-refractivity contribution in [2.24, 2.45) is 29.1 Å². The summed E-state index contributed by atoms with van der Waals surface area (Å²) in [5, 5.41) is 68.0. The number of rotatable bonds is 31. The minimum atomic E-state index is -2.67. The van der Waals surface area contributed by atoms with Crippen molar-refractivity contribution in [1.29, 1.82) is 0 Å². The van der Waals surface area contributed by atoms with Gasteiger partial charge in [0.05, 0.1) is 54.6 Å². The van der Waals surface area contributed by atoms with Crippen LogP contribution in [0.25, 0.3) is 22.1 Å². The zero-order chi connectivity index (χ0) is 88.7. The molecule has 13 N–H and O–H groups in total. The Morgan fingerprint density at radius 1 is 0.836 bits per heavy atom. The van der Waals surface area contributed by atoms with Crippen LogP contribution >= 0.6 is 21.6 Å². The largest absolute Gasteiger partial charge is 0.496 e. The molecule has 0 radical (unpaired) electrons. The summed E-state index contributed by atoms with van der Waals surface area (Å²) in [6.07, 6.45) is 12.8. The Morgan fingerprint density at radius 3 is 2.19 bits per heavy atom. The Bertz CT molecular complexity index is 5330. The minimum absolute atomic E-state index is 0.0113. The van der Waals surface area contributed by atoms with Gasteiger partial charge in [0.15, 0.2) is 34.1 Å². The Hall–Kier alpha value is -11.4.